The second-order valence-corrected chi connectivity index (χ2v) is 11.2. The Morgan fingerprint density at radius 2 is 1.94 bits per heavy atom. The van der Waals surface area contributed by atoms with Crippen LogP contribution in [0.25, 0.3) is 0 Å². The predicted molar refractivity (Wildman–Crippen MR) is 77.4 cm³/mol. The number of ether oxygens (including phenoxy) is 1. The number of hydrogen-bond donors (Lipinski definition) is 0. The van der Waals surface area contributed by atoms with Crippen molar-refractivity contribution in [1.29, 1.82) is 0 Å². The molecule has 17 heavy (non-hydrogen) atoms. The van der Waals surface area contributed by atoms with Crippen molar-refractivity contribution in [3.8, 4) is 17.2 Å². The van der Waals surface area contributed by atoms with Gasteiger partial charge in [-0.05, 0) is 25.7 Å². The molecule has 1 heterocycles. The van der Waals surface area contributed by atoms with E-state index < -0.39 is 8.07 Å². The first-order valence-electron chi connectivity index (χ1n) is 6.31. The molecule has 1 nitrogen and oxygen atoms in total. The molecule has 0 radical (unpaired) electrons. The van der Waals surface area contributed by atoms with Crippen LogP contribution < -0.4 is 4.74 Å². The summed E-state index contributed by atoms with van der Waals surface area (Å²) in [5.74, 6) is 4.31. The highest BCUT2D eigenvalue weighted by Gasteiger charge is 2.18. The molecule has 0 atom stereocenters. The van der Waals surface area contributed by atoms with Gasteiger partial charge in [-0.3, -0.25) is 0 Å². The van der Waals surface area contributed by atoms with Crippen molar-refractivity contribution in [3.05, 3.63) is 16.3 Å². The van der Waals surface area contributed by atoms with Gasteiger partial charge >= 0.3 is 0 Å². The fourth-order valence-electron chi connectivity index (χ4n) is 1.91. The summed E-state index contributed by atoms with van der Waals surface area (Å²) in [6.45, 7) is 6.80. The van der Waals surface area contributed by atoms with Crippen LogP contribution in [0.5, 0.6) is 5.75 Å². The zero-order valence-electron chi connectivity index (χ0n) is 10.9. The Morgan fingerprint density at radius 3 is 2.59 bits per heavy atom. The summed E-state index contributed by atoms with van der Waals surface area (Å²) in [7, 11) is -1.29. The average molecular weight is 264 g/mol. The first-order chi connectivity index (χ1) is 8.04. The summed E-state index contributed by atoms with van der Waals surface area (Å²) in [6, 6.07) is 0. The number of rotatable bonds is 2. The Morgan fingerprint density at radius 1 is 1.24 bits per heavy atom. The first-order valence-corrected chi connectivity index (χ1v) is 10.7. The summed E-state index contributed by atoms with van der Waals surface area (Å²) >= 11 is 1.69. The Labute approximate surface area is 109 Å². The van der Waals surface area contributed by atoms with Crippen molar-refractivity contribution in [3.63, 3.8) is 0 Å². The minimum atomic E-state index is -1.29. The van der Waals surface area contributed by atoms with Crippen molar-refractivity contribution in [2.45, 2.75) is 51.4 Å². The quantitative estimate of drug-likeness (QED) is 0.571. The smallest absolute Gasteiger partial charge is 0.145 e. The van der Waals surface area contributed by atoms with Crippen LogP contribution in [0.4, 0.5) is 0 Å². The van der Waals surface area contributed by atoms with Gasteiger partial charge in [-0.1, -0.05) is 25.6 Å². The highest BCUT2D eigenvalue weighted by Crippen LogP contribution is 2.28. The van der Waals surface area contributed by atoms with Crippen LogP contribution in [0.1, 0.15) is 31.2 Å². The van der Waals surface area contributed by atoms with Gasteiger partial charge in [0, 0.05) is 10.8 Å². The molecule has 92 valence electrons. The maximum atomic E-state index is 6.04. The zero-order chi connectivity index (χ0) is 12.3. The lowest BCUT2D eigenvalue weighted by atomic mass is 10.3. The predicted octanol–water partition coefficient (Wildman–Crippen LogP) is 4.30. The van der Waals surface area contributed by atoms with Gasteiger partial charge in [0.15, 0.2) is 0 Å². The molecule has 1 saturated carbocycles. The molecule has 1 aromatic rings. The van der Waals surface area contributed by atoms with Crippen LogP contribution in [0.15, 0.2) is 10.8 Å². The normalized spacial score (nSPS) is 16.6. The van der Waals surface area contributed by atoms with Crippen LogP contribution >= 0.6 is 11.3 Å². The van der Waals surface area contributed by atoms with E-state index in [1.165, 1.54) is 25.7 Å². The molecule has 0 saturated heterocycles. The molecule has 0 aromatic carbocycles. The minimum Gasteiger partial charge on any atom is -0.488 e. The van der Waals surface area contributed by atoms with E-state index in [1.54, 1.807) is 11.3 Å². The molecule has 1 aromatic heterocycles. The van der Waals surface area contributed by atoms with E-state index in [9.17, 15) is 0 Å². The van der Waals surface area contributed by atoms with Crippen molar-refractivity contribution in [2.75, 3.05) is 0 Å². The molecule has 0 amide bonds. The Hall–Kier alpha value is -0.723. The Kier molecular flexibility index (Phi) is 3.96. The lowest BCUT2D eigenvalue weighted by molar-refractivity contribution is 0.210. The fourth-order valence-corrected chi connectivity index (χ4v) is 3.10. The van der Waals surface area contributed by atoms with Gasteiger partial charge in [0.25, 0.3) is 0 Å². The van der Waals surface area contributed by atoms with E-state index in [0.717, 1.165) is 11.3 Å². The van der Waals surface area contributed by atoms with E-state index >= 15 is 0 Å². The molecule has 0 N–H and O–H groups in total. The van der Waals surface area contributed by atoms with E-state index in [2.05, 4.69) is 41.9 Å². The molecule has 2 rings (SSSR count). The molecule has 1 aliphatic rings. The lowest BCUT2D eigenvalue weighted by Crippen LogP contribution is -2.16. The molecule has 1 aliphatic carbocycles. The lowest BCUT2D eigenvalue weighted by Gasteiger charge is -2.12. The molecule has 0 spiro atoms. The Balaban J connectivity index is 2.07. The summed E-state index contributed by atoms with van der Waals surface area (Å²) in [6.07, 6.45) is 5.46. The van der Waals surface area contributed by atoms with Crippen molar-refractivity contribution in [1.82, 2.24) is 0 Å². The third-order valence-corrected chi connectivity index (χ3v) is 4.39. The maximum absolute atomic E-state index is 6.04. The SMILES string of the molecule is C[Si](C)(C)C#Cc1cscc1OC1CCCC1. The van der Waals surface area contributed by atoms with Gasteiger partial charge in [-0.2, -0.15) is 0 Å². The van der Waals surface area contributed by atoms with Crippen molar-refractivity contribution < 1.29 is 4.74 Å². The average Bonchev–Trinajstić information content (AvgIpc) is 2.86. The molecule has 0 aliphatic heterocycles. The number of thiophene rings is 1. The van der Waals surface area contributed by atoms with Gasteiger partial charge in [-0.25, -0.2) is 0 Å². The van der Waals surface area contributed by atoms with Gasteiger partial charge in [0.1, 0.15) is 13.8 Å². The van der Waals surface area contributed by atoms with Crippen LogP contribution in [-0.4, -0.2) is 14.2 Å². The third-order valence-electron chi connectivity index (χ3n) is 2.79. The summed E-state index contributed by atoms with van der Waals surface area (Å²) in [5.41, 5.74) is 4.49. The van der Waals surface area contributed by atoms with E-state index in [4.69, 9.17) is 4.74 Å². The third kappa shape index (κ3) is 3.90. The van der Waals surface area contributed by atoms with E-state index in [-0.39, 0.29) is 0 Å². The topological polar surface area (TPSA) is 9.23 Å². The first kappa shape index (κ1) is 12.7. The summed E-state index contributed by atoms with van der Waals surface area (Å²) in [5, 5.41) is 4.20. The maximum Gasteiger partial charge on any atom is 0.145 e. The van der Waals surface area contributed by atoms with E-state index in [0.29, 0.717) is 6.10 Å². The molecule has 0 bridgehead atoms. The van der Waals surface area contributed by atoms with Gasteiger partial charge < -0.3 is 4.74 Å². The summed E-state index contributed by atoms with van der Waals surface area (Å²) in [4.78, 5) is 0. The molecule has 3 heteroatoms. The fraction of sp³-hybridized carbons (Fsp3) is 0.571. The highest BCUT2D eigenvalue weighted by molar-refractivity contribution is 7.08. The Bertz CT molecular complexity index is 427. The highest BCUT2D eigenvalue weighted by atomic mass is 32.1. The summed E-state index contributed by atoms with van der Waals surface area (Å²) < 4.78 is 6.04. The van der Waals surface area contributed by atoms with Crippen LogP contribution in [0.3, 0.4) is 0 Å². The van der Waals surface area contributed by atoms with Crippen LogP contribution in [0, 0.1) is 11.5 Å². The molecular formula is C14H20OSSi. The number of hydrogen-bond acceptors (Lipinski definition) is 2. The largest absolute Gasteiger partial charge is 0.488 e. The van der Waals surface area contributed by atoms with Crippen LogP contribution in [0.2, 0.25) is 19.6 Å². The molecular weight excluding hydrogens is 244 g/mol. The second-order valence-electron chi connectivity index (χ2n) is 5.67. The van der Waals surface area contributed by atoms with Crippen LogP contribution in [-0.2, 0) is 0 Å². The second kappa shape index (κ2) is 5.28. The van der Waals surface area contributed by atoms with E-state index in [1.807, 2.05) is 0 Å². The van der Waals surface area contributed by atoms with Crippen molar-refractivity contribution >= 4 is 19.4 Å². The van der Waals surface area contributed by atoms with Crippen molar-refractivity contribution in [2.24, 2.45) is 0 Å². The molecule has 1 fully saturated rings. The standard InChI is InChI=1S/C14H20OSSi/c1-17(2,3)9-8-12-10-16-11-14(12)15-13-6-4-5-7-13/h10-11,13H,4-7H2,1-3H3. The van der Waals surface area contributed by atoms with Gasteiger partial charge in [-0.15, -0.1) is 16.9 Å². The van der Waals surface area contributed by atoms with Gasteiger partial charge in [0.2, 0.25) is 0 Å². The monoisotopic (exact) mass is 264 g/mol. The zero-order valence-corrected chi connectivity index (χ0v) is 12.7. The molecule has 0 unspecified atom stereocenters. The minimum absolute atomic E-state index is 0.428. The van der Waals surface area contributed by atoms with Gasteiger partial charge in [0.05, 0.1) is 11.7 Å².